The molecule has 0 aromatic carbocycles. The van der Waals surface area contributed by atoms with E-state index in [1.54, 1.807) is 6.92 Å². The molecule has 5 nitrogen and oxygen atoms in total. The van der Waals surface area contributed by atoms with Gasteiger partial charge in [0.15, 0.2) is 0 Å². The van der Waals surface area contributed by atoms with Crippen LogP contribution in [0, 0.1) is 0 Å². The third-order valence-corrected chi connectivity index (χ3v) is 1.38. The summed E-state index contributed by atoms with van der Waals surface area (Å²) in [5, 5.41) is 2.07. The second-order valence-electron chi connectivity index (χ2n) is 2.23. The van der Waals surface area contributed by atoms with Crippen molar-refractivity contribution in [3.63, 3.8) is 0 Å². The number of hydrogen-bond acceptors (Lipinski definition) is 4. The van der Waals surface area contributed by atoms with Crippen LogP contribution in [0.25, 0.3) is 0 Å². The first-order chi connectivity index (χ1) is 6.97. The maximum Gasteiger partial charge on any atom is 0.414 e. The minimum Gasteiger partial charge on any atom is -0.450 e. The lowest BCUT2D eigenvalue weighted by Gasteiger charge is -1.99. The van der Waals surface area contributed by atoms with E-state index in [4.69, 9.17) is 0 Å². The van der Waals surface area contributed by atoms with Gasteiger partial charge in [-0.3, -0.25) is 10.1 Å². The van der Waals surface area contributed by atoms with Crippen LogP contribution in [-0.2, 0) is 14.3 Å². The second kappa shape index (κ2) is 10.4. The molecule has 0 atom stereocenters. The SMILES string of the molecule is C=CC(=O)NC(=O)OCC.C=CC(=O)[SiH3]. The fourth-order valence-corrected chi connectivity index (χ4v) is 0.319. The summed E-state index contributed by atoms with van der Waals surface area (Å²) in [6.07, 6.45) is 1.59. The molecular formula is C9H15NO4Si. The Balaban J connectivity index is 0. The Kier molecular flexibility index (Phi) is 10.9. The number of rotatable bonds is 3. The van der Waals surface area contributed by atoms with E-state index in [1.807, 2.05) is 5.32 Å². The van der Waals surface area contributed by atoms with Crippen LogP contribution in [-0.4, -0.2) is 34.3 Å². The van der Waals surface area contributed by atoms with Crippen molar-refractivity contribution in [2.75, 3.05) is 6.61 Å². The van der Waals surface area contributed by atoms with Gasteiger partial charge in [-0.15, -0.1) is 0 Å². The van der Waals surface area contributed by atoms with E-state index >= 15 is 0 Å². The summed E-state index contributed by atoms with van der Waals surface area (Å²) in [6.45, 7) is 8.30. The van der Waals surface area contributed by atoms with Crippen molar-refractivity contribution < 1.29 is 19.1 Å². The Labute approximate surface area is 91.6 Å². The third kappa shape index (κ3) is 15.1. The number of carbonyl (C=O) groups is 3. The second-order valence-corrected chi connectivity index (χ2v) is 3.21. The minimum absolute atomic E-state index is 0.157. The van der Waals surface area contributed by atoms with E-state index in [1.165, 1.54) is 6.08 Å². The number of alkyl carbamates (subject to hydrolysis) is 1. The number of imide groups is 1. The fourth-order valence-electron chi connectivity index (χ4n) is 0.319. The van der Waals surface area contributed by atoms with Crippen LogP contribution in [0.1, 0.15) is 6.92 Å². The quantitative estimate of drug-likeness (QED) is 0.523. The molecule has 0 saturated carbocycles. The predicted molar refractivity (Wildman–Crippen MR) is 60.5 cm³/mol. The molecule has 0 bridgehead atoms. The Bertz CT molecular complexity index is 263. The molecule has 15 heavy (non-hydrogen) atoms. The van der Waals surface area contributed by atoms with Crippen LogP contribution in [0.3, 0.4) is 0 Å². The zero-order chi connectivity index (χ0) is 12.3. The molecule has 0 aromatic heterocycles. The van der Waals surface area contributed by atoms with Crippen LogP contribution in [0.4, 0.5) is 4.79 Å². The van der Waals surface area contributed by atoms with Crippen LogP contribution in [0.5, 0.6) is 0 Å². The number of amides is 2. The molecule has 0 aliphatic carbocycles. The topological polar surface area (TPSA) is 72.5 Å². The molecule has 0 radical (unpaired) electrons. The first-order valence-electron chi connectivity index (χ1n) is 4.21. The van der Waals surface area contributed by atoms with E-state index < -0.39 is 12.0 Å². The average Bonchev–Trinajstić information content (AvgIpc) is 2.18. The molecule has 0 heterocycles. The molecule has 0 saturated heterocycles. The summed E-state index contributed by atoms with van der Waals surface area (Å²) < 4.78 is 4.40. The minimum atomic E-state index is -0.743. The van der Waals surface area contributed by atoms with E-state index in [-0.39, 0.29) is 12.0 Å². The van der Waals surface area contributed by atoms with Crippen molar-refractivity contribution in [1.29, 1.82) is 0 Å². The maximum atomic E-state index is 10.4. The number of hydrogen-bond donors (Lipinski definition) is 1. The lowest BCUT2D eigenvalue weighted by Crippen LogP contribution is -2.29. The van der Waals surface area contributed by atoms with Crippen molar-refractivity contribution in [2.24, 2.45) is 0 Å². The maximum absolute atomic E-state index is 10.4. The first kappa shape index (κ1) is 15.8. The van der Waals surface area contributed by atoms with E-state index in [2.05, 4.69) is 17.9 Å². The van der Waals surface area contributed by atoms with Gasteiger partial charge in [-0.05, 0) is 19.1 Å². The molecule has 0 rings (SSSR count). The number of ether oxygens (including phenoxy) is 1. The summed E-state index contributed by atoms with van der Waals surface area (Å²) in [6, 6.07) is 0. The molecule has 0 aliphatic rings. The molecule has 0 aromatic rings. The third-order valence-electron chi connectivity index (χ3n) is 0.974. The molecule has 6 heteroatoms. The van der Waals surface area contributed by atoms with Gasteiger partial charge in [0.2, 0.25) is 0 Å². The predicted octanol–water partition coefficient (Wildman–Crippen LogP) is -0.490. The molecule has 0 unspecified atom stereocenters. The van der Waals surface area contributed by atoms with Gasteiger partial charge in [-0.25, -0.2) is 4.79 Å². The number of carbonyl (C=O) groups excluding carboxylic acids is 3. The van der Waals surface area contributed by atoms with Crippen molar-refractivity contribution in [1.82, 2.24) is 5.32 Å². The van der Waals surface area contributed by atoms with E-state index in [9.17, 15) is 14.4 Å². The zero-order valence-corrected chi connectivity index (χ0v) is 10.9. The average molecular weight is 229 g/mol. The first-order valence-corrected chi connectivity index (χ1v) is 5.21. The zero-order valence-electron chi connectivity index (χ0n) is 8.91. The van der Waals surface area contributed by atoms with Gasteiger partial charge in [0.1, 0.15) is 5.41 Å². The smallest absolute Gasteiger partial charge is 0.414 e. The van der Waals surface area contributed by atoms with Crippen molar-refractivity contribution in [3.05, 3.63) is 25.3 Å². The van der Waals surface area contributed by atoms with Crippen LogP contribution >= 0.6 is 0 Å². The summed E-state index contributed by atoms with van der Waals surface area (Å²) in [7, 11) is 0.613. The van der Waals surface area contributed by atoms with Gasteiger partial charge in [0.25, 0.3) is 5.91 Å². The highest BCUT2D eigenvalue weighted by atomic mass is 28.1. The Morgan fingerprint density at radius 1 is 1.33 bits per heavy atom. The fraction of sp³-hybridized carbons (Fsp3) is 0.222. The van der Waals surface area contributed by atoms with Gasteiger partial charge < -0.3 is 9.53 Å². The van der Waals surface area contributed by atoms with Gasteiger partial charge in [-0.2, -0.15) is 0 Å². The molecule has 0 spiro atoms. The molecule has 0 aliphatic heterocycles. The van der Waals surface area contributed by atoms with Gasteiger partial charge in [0.05, 0.1) is 16.8 Å². The highest BCUT2D eigenvalue weighted by molar-refractivity contribution is 6.60. The summed E-state index contributed by atoms with van der Waals surface area (Å²) >= 11 is 0. The van der Waals surface area contributed by atoms with Crippen molar-refractivity contribution in [3.8, 4) is 0 Å². The summed E-state index contributed by atoms with van der Waals surface area (Å²) in [5.74, 6) is -0.557. The molecule has 2 amide bonds. The Morgan fingerprint density at radius 2 is 1.80 bits per heavy atom. The van der Waals surface area contributed by atoms with Gasteiger partial charge in [-0.1, -0.05) is 13.2 Å². The molecule has 0 fully saturated rings. The van der Waals surface area contributed by atoms with Crippen LogP contribution in [0.2, 0.25) is 0 Å². The molecular weight excluding hydrogens is 214 g/mol. The Hall–Kier alpha value is -1.69. The lowest BCUT2D eigenvalue weighted by molar-refractivity contribution is -0.115. The standard InChI is InChI=1S/C6H9NO3.C3H6OSi/c1-3-5(8)7-6(9)10-4-2;1-2-3(4)5/h3H,1,4H2,2H3,(H,7,8,9);2H,1H2,5H3. The van der Waals surface area contributed by atoms with Gasteiger partial charge >= 0.3 is 6.09 Å². The molecule has 1 N–H and O–H groups in total. The monoisotopic (exact) mass is 229 g/mol. The summed E-state index contributed by atoms with van der Waals surface area (Å²) in [5.41, 5.74) is 0. The highest BCUT2D eigenvalue weighted by Crippen LogP contribution is 1.75. The molecule has 84 valence electrons. The van der Waals surface area contributed by atoms with E-state index in [0.29, 0.717) is 10.2 Å². The van der Waals surface area contributed by atoms with Crippen molar-refractivity contribution >= 4 is 27.6 Å². The Morgan fingerprint density at radius 3 is 2.07 bits per heavy atom. The normalized spacial score (nSPS) is 7.80. The highest BCUT2D eigenvalue weighted by Gasteiger charge is 2.01. The summed E-state index contributed by atoms with van der Waals surface area (Å²) in [4.78, 5) is 30.5. The lowest BCUT2D eigenvalue weighted by atomic mass is 10.6. The number of nitrogens with one attached hydrogen (secondary N) is 1. The van der Waals surface area contributed by atoms with Crippen LogP contribution < -0.4 is 5.32 Å². The van der Waals surface area contributed by atoms with Crippen LogP contribution in [0.15, 0.2) is 25.3 Å². The number of allylic oxidation sites excluding steroid dienone is 1. The largest absolute Gasteiger partial charge is 0.450 e. The van der Waals surface area contributed by atoms with Crippen molar-refractivity contribution in [2.45, 2.75) is 6.92 Å². The van der Waals surface area contributed by atoms with Gasteiger partial charge in [0, 0.05) is 0 Å². The van der Waals surface area contributed by atoms with E-state index in [0.717, 1.165) is 6.08 Å².